The zero-order chi connectivity index (χ0) is 14.6. The Morgan fingerprint density at radius 2 is 2.30 bits per heavy atom. The summed E-state index contributed by atoms with van der Waals surface area (Å²) in [6.07, 6.45) is 3.37. The highest BCUT2D eigenvalue weighted by molar-refractivity contribution is 7.99. The molecule has 0 aliphatic carbocycles. The fourth-order valence-corrected chi connectivity index (χ4v) is 3.50. The molecule has 6 heteroatoms. The molecule has 20 heavy (non-hydrogen) atoms. The molecule has 1 unspecified atom stereocenters. The van der Waals surface area contributed by atoms with Gasteiger partial charge in [0.15, 0.2) is 0 Å². The van der Waals surface area contributed by atoms with Crippen LogP contribution in [0.25, 0.3) is 0 Å². The van der Waals surface area contributed by atoms with Crippen molar-refractivity contribution in [2.45, 2.75) is 51.9 Å². The predicted octanol–water partition coefficient (Wildman–Crippen LogP) is 1.60. The first-order chi connectivity index (χ1) is 9.44. The molecule has 2 rings (SSSR count). The van der Waals surface area contributed by atoms with Crippen molar-refractivity contribution >= 4 is 11.8 Å². The van der Waals surface area contributed by atoms with Gasteiger partial charge in [-0.25, -0.2) is 0 Å². The van der Waals surface area contributed by atoms with E-state index in [1.807, 2.05) is 4.68 Å². The third kappa shape index (κ3) is 5.07. The lowest BCUT2D eigenvalue weighted by molar-refractivity contribution is 0.248. The van der Waals surface area contributed by atoms with Crippen LogP contribution in [-0.4, -0.2) is 56.6 Å². The van der Waals surface area contributed by atoms with E-state index >= 15 is 0 Å². The summed E-state index contributed by atoms with van der Waals surface area (Å²) in [4.78, 5) is 2.45. The van der Waals surface area contributed by atoms with Gasteiger partial charge in [-0.2, -0.15) is 11.8 Å². The summed E-state index contributed by atoms with van der Waals surface area (Å²) in [6, 6.07) is 0.741. The van der Waals surface area contributed by atoms with Crippen molar-refractivity contribution in [3.63, 3.8) is 0 Å². The Morgan fingerprint density at radius 1 is 1.50 bits per heavy atom. The number of aromatic nitrogens is 3. The summed E-state index contributed by atoms with van der Waals surface area (Å²) in [5.74, 6) is 2.58. The third-order valence-corrected chi connectivity index (χ3v) is 4.74. The summed E-state index contributed by atoms with van der Waals surface area (Å²) >= 11 is 2.06. The topological polar surface area (TPSA) is 46.0 Å². The molecule has 0 aromatic carbocycles. The van der Waals surface area contributed by atoms with Gasteiger partial charge >= 0.3 is 0 Å². The number of hydrogen-bond acceptors (Lipinski definition) is 5. The van der Waals surface area contributed by atoms with E-state index < -0.39 is 0 Å². The second kappa shape index (κ2) is 6.91. The van der Waals surface area contributed by atoms with Gasteiger partial charge in [0.1, 0.15) is 0 Å². The first kappa shape index (κ1) is 15.8. The number of thioether (sulfide) groups is 1. The molecule has 114 valence electrons. The van der Waals surface area contributed by atoms with E-state index in [1.54, 1.807) is 0 Å². The minimum atomic E-state index is 0.115. The van der Waals surface area contributed by atoms with Gasteiger partial charge in [-0.1, -0.05) is 5.21 Å². The average molecular weight is 297 g/mol. The molecule has 0 spiro atoms. The SMILES string of the molecule is CN(CCn1cc(CNC(C)(C)C)nn1)C1CCSC1. The largest absolute Gasteiger partial charge is 0.306 e. The normalized spacial score (nSPS) is 19.9. The molecule has 1 fully saturated rings. The smallest absolute Gasteiger partial charge is 0.0965 e. The van der Waals surface area contributed by atoms with Crippen molar-refractivity contribution < 1.29 is 0 Å². The first-order valence-corrected chi connectivity index (χ1v) is 8.51. The fraction of sp³-hybridized carbons (Fsp3) is 0.857. The van der Waals surface area contributed by atoms with Crippen LogP contribution in [0.1, 0.15) is 32.9 Å². The minimum Gasteiger partial charge on any atom is -0.306 e. The zero-order valence-electron chi connectivity index (χ0n) is 13.1. The number of nitrogens with zero attached hydrogens (tertiary/aromatic N) is 4. The number of likely N-dealkylation sites (N-methyl/N-ethyl adjacent to an activating group) is 1. The van der Waals surface area contributed by atoms with Crippen molar-refractivity contribution in [1.29, 1.82) is 0 Å². The van der Waals surface area contributed by atoms with Crippen LogP contribution in [-0.2, 0) is 13.1 Å². The second-order valence-electron chi connectivity index (χ2n) is 6.57. The lowest BCUT2D eigenvalue weighted by Gasteiger charge is -2.22. The Bertz CT molecular complexity index is 406. The lowest BCUT2D eigenvalue weighted by atomic mass is 10.1. The molecule has 1 N–H and O–H groups in total. The van der Waals surface area contributed by atoms with Crippen molar-refractivity contribution in [1.82, 2.24) is 25.2 Å². The Hall–Kier alpha value is -0.590. The van der Waals surface area contributed by atoms with Crippen molar-refractivity contribution in [2.24, 2.45) is 0 Å². The molecule has 0 bridgehead atoms. The van der Waals surface area contributed by atoms with Crippen LogP contribution < -0.4 is 5.32 Å². The average Bonchev–Trinajstić information content (AvgIpc) is 3.04. The van der Waals surface area contributed by atoms with Crippen LogP contribution in [0.15, 0.2) is 6.20 Å². The first-order valence-electron chi connectivity index (χ1n) is 7.36. The maximum absolute atomic E-state index is 4.22. The van der Waals surface area contributed by atoms with E-state index in [0.29, 0.717) is 0 Å². The summed E-state index contributed by atoms with van der Waals surface area (Å²) in [5.41, 5.74) is 1.13. The third-order valence-electron chi connectivity index (χ3n) is 3.60. The van der Waals surface area contributed by atoms with Crippen LogP contribution in [0.3, 0.4) is 0 Å². The predicted molar refractivity (Wildman–Crippen MR) is 85.0 cm³/mol. The molecular formula is C14H27N5S. The summed E-state index contributed by atoms with van der Waals surface area (Å²) in [7, 11) is 2.22. The molecule has 5 nitrogen and oxygen atoms in total. The van der Waals surface area contributed by atoms with Gasteiger partial charge in [0.2, 0.25) is 0 Å². The Labute approximate surface area is 126 Å². The molecule has 1 aromatic rings. The van der Waals surface area contributed by atoms with Crippen LogP contribution in [0.5, 0.6) is 0 Å². The fourth-order valence-electron chi connectivity index (χ4n) is 2.20. The van der Waals surface area contributed by atoms with Gasteiger partial charge in [0.25, 0.3) is 0 Å². The molecule has 1 aliphatic rings. The quantitative estimate of drug-likeness (QED) is 0.864. The standard InChI is InChI=1S/C14H27N5S/c1-14(2,3)15-9-12-10-19(17-16-12)7-6-18(4)13-5-8-20-11-13/h10,13,15H,5-9,11H2,1-4H3. The summed E-state index contributed by atoms with van der Waals surface area (Å²) < 4.78 is 1.96. The van der Waals surface area contributed by atoms with Crippen LogP contribution >= 0.6 is 11.8 Å². The molecule has 1 saturated heterocycles. The Kier molecular flexibility index (Phi) is 5.46. The van der Waals surface area contributed by atoms with Crippen molar-refractivity contribution in [3.8, 4) is 0 Å². The van der Waals surface area contributed by atoms with E-state index in [0.717, 1.165) is 31.4 Å². The van der Waals surface area contributed by atoms with E-state index in [9.17, 15) is 0 Å². The zero-order valence-corrected chi connectivity index (χ0v) is 13.9. The van der Waals surface area contributed by atoms with E-state index in [-0.39, 0.29) is 5.54 Å². The van der Waals surface area contributed by atoms with Gasteiger partial charge in [0, 0.05) is 36.6 Å². The van der Waals surface area contributed by atoms with Gasteiger partial charge in [0.05, 0.1) is 12.2 Å². The van der Waals surface area contributed by atoms with Crippen molar-refractivity contribution in [3.05, 3.63) is 11.9 Å². The highest BCUT2D eigenvalue weighted by Gasteiger charge is 2.19. The van der Waals surface area contributed by atoms with E-state index in [1.165, 1.54) is 17.9 Å². The number of hydrogen-bond donors (Lipinski definition) is 1. The molecule has 1 aliphatic heterocycles. The molecule has 0 saturated carbocycles. The van der Waals surface area contributed by atoms with E-state index in [4.69, 9.17) is 0 Å². The number of rotatable bonds is 6. The minimum absolute atomic E-state index is 0.115. The summed E-state index contributed by atoms with van der Waals surface area (Å²) in [6.45, 7) is 9.21. The maximum atomic E-state index is 4.22. The number of nitrogens with one attached hydrogen (secondary N) is 1. The van der Waals surface area contributed by atoms with Gasteiger partial charge < -0.3 is 10.2 Å². The van der Waals surface area contributed by atoms with Gasteiger partial charge in [-0.05, 0) is 40.0 Å². The Balaban J connectivity index is 1.74. The van der Waals surface area contributed by atoms with Gasteiger partial charge in [-0.3, -0.25) is 4.68 Å². The summed E-state index contributed by atoms with van der Waals surface area (Å²) in [5, 5.41) is 11.9. The molecule has 0 radical (unpaired) electrons. The van der Waals surface area contributed by atoms with E-state index in [2.05, 4.69) is 66.3 Å². The molecule has 0 amide bonds. The molecule has 1 atom stereocenters. The molecule has 1 aromatic heterocycles. The highest BCUT2D eigenvalue weighted by atomic mass is 32.2. The lowest BCUT2D eigenvalue weighted by Crippen LogP contribution is -2.35. The second-order valence-corrected chi connectivity index (χ2v) is 7.72. The molecular weight excluding hydrogens is 270 g/mol. The van der Waals surface area contributed by atoms with Crippen LogP contribution in [0.2, 0.25) is 0 Å². The van der Waals surface area contributed by atoms with Crippen LogP contribution in [0, 0.1) is 0 Å². The van der Waals surface area contributed by atoms with Gasteiger partial charge in [-0.15, -0.1) is 5.10 Å². The monoisotopic (exact) mass is 297 g/mol. The maximum Gasteiger partial charge on any atom is 0.0965 e. The van der Waals surface area contributed by atoms with Crippen molar-refractivity contribution in [2.75, 3.05) is 25.1 Å². The van der Waals surface area contributed by atoms with Crippen LogP contribution in [0.4, 0.5) is 0 Å². The highest BCUT2D eigenvalue weighted by Crippen LogP contribution is 2.21. The Morgan fingerprint density at radius 3 is 2.95 bits per heavy atom. The molecule has 2 heterocycles.